The second kappa shape index (κ2) is 10.3. The van der Waals surface area contributed by atoms with Crippen LogP contribution in [0.4, 0.5) is 10.2 Å². The van der Waals surface area contributed by atoms with Gasteiger partial charge in [-0.1, -0.05) is 6.07 Å². The number of nitrogens with zero attached hydrogens (tertiary/aromatic N) is 5. The Kier molecular flexibility index (Phi) is 6.55. The van der Waals surface area contributed by atoms with E-state index in [0.29, 0.717) is 41.0 Å². The highest BCUT2D eigenvalue weighted by atomic mass is 19.1. The summed E-state index contributed by atoms with van der Waals surface area (Å²) in [5.74, 6) is 1.49. The molecule has 2 aromatic carbocycles. The van der Waals surface area contributed by atoms with Crippen molar-refractivity contribution >= 4 is 11.7 Å². The Morgan fingerprint density at radius 3 is 2.62 bits per heavy atom. The monoisotopic (exact) mass is 569 g/mol. The molecule has 0 saturated heterocycles. The number of carbonyl (C=O) groups is 1. The normalized spacial score (nSPS) is 17.3. The maximum atomic E-state index is 14.4. The number of carbonyl (C=O) groups excluding carboxylic acids is 1. The smallest absolute Gasteiger partial charge is 0.260 e. The van der Waals surface area contributed by atoms with Gasteiger partial charge in [-0.15, -0.1) is 10.2 Å². The van der Waals surface area contributed by atoms with Gasteiger partial charge in [0.15, 0.2) is 5.82 Å². The molecule has 1 aliphatic heterocycles. The Balaban J connectivity index is 1.24. The maximum absolute atomic E-state index is 14.4. The Morgan fingerprint density at radius 2 is 1.93 bits per heavy atom. The fourth-order valence-corrected chi connectivity index (χ4v) is 5.87. The zero-order valence-electron chi connectivity index (χ0n) is 23.6. The molecule has 2 saturated carbocycles. The number of pyridine rings is 1. The van der Waals surface area contributed by atoms with Gasteiger partial charge in [-0.3, -0.25) is 9.69 Å². The zero-order chi connectivity index (χ0) is 29.0. The standard InChI is InChI=1S/C32H32FN5O4/c1-37-18-34-36-30(37)24-14-22(33)6-7-23(24)21-12-27(20-4-5-20)35-29(13-21)38-15-26-25(31(38)39)10-19(11-28(26)41-2)16-42-17-32(40)8-3-9-32/h6-7,10-14,18,20,40H,3-5,8-9,15-17H2,1-2H3. The molecule has 7 rings (SSSR count). The van der Waals surface area contributed by atoms with Gasteiger partial charge < -0.3 is 19.1 Å². The van der Waals surface area contributed by atoms with E-state index < -0.39 is 5.60 Å². The first-order valence-electron chi connectivity index (χ1n) is 14.3. The average Bonchev–Trinajstić information content (AvgIpc) is 3.66. The fourth-order valence-electron chi connectivity index (χ4n) is 5.87. The number of rotatable bonds is 9. The molecule has 2 fully saturated rings. The highest BCUT2D eigenvalue weighted by molar-refractivity contribution is 6.10. The van der Waals surface area contributed by atoms with E-state index in [1.165, 1.54) is 12.1 Å². The minimum Gasteiger partial charge on any atom is -0.496 e. The number of anilines is 1. The van der Waals surface area contributed by atoms with E-state index in [2.05, 4.69) is 10.2 Å². The number of hydrogen-bond acceptors (Lipinski definition) is 7. The quantitative estimate of drug-likeness (QED) is 0.297. The van der Waals surface area contributed by atoms with Gasteiger partial charge in [-0.25, -0.2) is 9.37 Å². The third kappa shape index (κ3) is 4.84. The largest absolute Gasteiger partial charge is 0.496 e. The van der Waals surface area contributed by atoms with Gasteiger partial charge >= 0.3 is 0 Å². The molecule has 10 heteroatoms. The van der Waals surface area contributed by atoms with Crippen LogP contribution < -0.4 is 9.64 Å². The molecular formula is C32H32FN5O4. The molecule has 1 amide bonds. The van der Waals surface area contributed by atoms with Crippen LogP contribution in [0.5, 0.6) is 5.75 Å². The molecule has 0 atom stereocenters. The molecule has 4 aromatic rings. The number of aliphatic hydroxyl groups is 1. The summed E-state index contributed by atoms with van der Waals surface area (Å²) in [7, 11) is 3.41. The van der Waals surface area contributed by atoms with Crippen molar-refractivity contribution in [2.75, 3.05) is 18.6 Å². The molecule has 1 N–H and O–H groups in total. The number of aryl methyl sites for hydroxylation is 1. The summed E-state index contributed by atoms with van der Waals surface area (Å²) < 4.78 is 27.7. The number of methoxy groups -OCH3 is 1. The lowest BCUT2D eigenvalue weighted by Gasteiger charge is -2.36. The van der Waals surface area contributed by atoms with Crippen LogP contribution in [0.15, 0.2) is 48.8 Å². The second-order valence-electron chi connectivity index (χ2n) is 11.7. The van der Waals surface area contributed by atoms with E-state index in [1.54, 1.807) is 29.0 Å². The number of amides is 1. The highest BCUT2D eigenvalue weighted by Gasteiger charge is 2.36. The van der Waals surface area contributed by atoms with Crippen LogP contribution >= 0.6 is 0 Å². The summed E-state index contributed by atoms with van der Waals surface area (Å²) in [6.45, 7) is 0.860. The molecule has 42 heavy (non-hydrogen) atoms. The van der Waals surface area contributed by atoms with Gasteiger partial charge in [0.05, 0.1) is 32.5 Å². The SMILES string of the molecule is COc1cc(COCC2(O)CCC2)cc2c1CN(c1cc(-c3ccc(F)cc3-c3nncn3C)cc(C3CC3)n1)C2=O. The first-order chi connectivity index (χ1) is 20.3. The fraction of sp³-hybridized carbons (Fsp3) is 0.375. The minimum atomic E-state index is -0.736. The lowest BCUT2D eigenvalue weighted by Crippen LogP contribution is -2.41. The number of aromatic nitrogens is 4. The van der Waals surface area contributed by atoms with Crippen LogP contribution in [-0.2, 0) is 24.9 Å². The van der Waals surface area contributed by atoms with Crippen molar-refractivity contribution in [1.82, 2.24) is 19.7 Å². The number of halogens is 1. The van der Waals surface area contributed by atoms with Crippen molar-refractivity contribution in [3.63, 3.8) is 0 Å². The predicted molar refractivity (Wildman–Crippen MR) is 154 cm³/mol. The second-order valence-corrected chi connectivity index (χ2v) is 11.7. The van der Waals surface area contributed by atoms with Gasteiger partial charge in [0.2, 0.25) is 0 Å². The Hall–Kier alpha value is -4.15. The lowest BCUT2D eigenvalue weighted by atomic mass is 9.81. The average molecular weight is 570 g/mol. The van der Waals surface area contributed by atoms with E-state index in [9.17, 15) is 14.3 Å². The molecule has 216 valence electrons. The third-order valence-corrected chi connectivity index (χ3v) is 8.55. The van der Waals surface area contributed by atoms with E-state index in [0.717, 1.165) is 60.1 Å². The minimum absolute atomic E-state index is 0.165. The maximum Gasteiger partial charge on any atom is 0.260 e. The van der Waals surface area contributed by atoms with E-state index in [4.69, 9.17) is 14.5 Å². The lowest BCUT2D eigenvalue weighted by molar-refractivity contribution is -0.0996. The van der Waals surface area contributed by atoms with E-state index >= 15 is 0 Å². The van der Waals surface area contributed by atoms with Crippen LogP contribution in [0.1, 0.15) is 65.2 Å². The molecular weight excluding hydrogens is 537 g/mol. The van der Waals surface area contributed by atoms with Crippen LogP contribution in [0.3, 0.4) is 0 Å². The summed E-state index contributed by atoms with van der Waals surface area (Å²) in [5.41, 5.74) is 4.57. The Morgan fingerprint density at radius 1 is 1.10 bits per heavy atom. The summed E-state index contributed by atoms with van der Waals surface area (Å²) in [6, 6.07) is 12.3. The number of fused-ring (bicyclic) bond motifs is 1. The van der Waals surface area contributed by atoms with Gasteiger partial charge in [0, 0.05) is 35.3 Å². The van der Waals surface area contributed by atoms with Gasteiger partial charge in [-0.05, 0) is 85.2 Å². The van der Waals surface area contributed by atoms with Crippen LogP contribution in [-0.4, -0.2) is 50.1 Å². The molecule has 3 heterocycles. The summed E-state index contributed by atoms with van der Waals surface area (Å²) in [5, 5.41) is 18.6. The van der Waals surface area contributed by atoms with Crippen molar-refractivity contribution in [3.8, 4) is 28.3 Å². The first kappa shape index (κ1) is 26.7. The Labute approximate surface area is 242 Å². The van der Waals surface area contributed by atoms with Crippen molar-refractivity contribution in [2.45, 2.75) is 56.8 Å². The number of ether oxygens (including phenoxy) is 2. The zero-order valence-corrected chi connectivity index (χ0v) is 23.6. The van der Waals surface area contributed by atoms with E-state index in [-0.39, 0.29) is 24.9 Å². The van der Waals surface area contributed by atoms with Crippen LogP contribution in [0.2, 0.25) is 0 Å². The van der Waals surface area contributed by atoms with Crippen molar-refractivity contribution in [1.29, 1.82) is 0 Å². The summed E-state index contributed by atoms with van der Waals surface area (Å²) >= 11 is 0. The van der Waals surface area contributed by atoms with Crippen LogP contribution in [0.25, 0.3) is 22.5 Å². The first-order valence-corrected chi connectivity index (χ1v) is 14.3. The molecule has 0 bridgehead atoms. The van der Waals surface area contributed by atoms with E-state index in [1.807, 2.05) is 31.3 Å². The van der Waals surface area contributed by atoms with Gasteiger partial charge in [0.1, 0.15) is 23.7 Å². The molecule has 3 aliphatic rings. The van der Waals surface area contributed by atoms with Gasteiger partial charge in [0.25, 0.3) is 5.91 Å². The van der Waals surface area contributed by atoms with Crippen molar-refractivity contribution in [2.24, 2.45) is 7.05 Å². The predicted octanol–water partition coefficient (Wildman–Crippen LogP) is 5.16. The number of hydrogen-bond donors (Lipinski definition) is 1. The third-order valence-electron chi connectivity index (χ3n) is 8.55. The molecule has 2 aliphatic carbocycles. The topological polar surface area (TPSA) is 103 Å². The Bertz CT molecular complexity index is 1690. The summed E-state index contributed by atoms with van der Waals surface area (Å²) in [4.78, 5) is 20.5. The summed E-state index contributed by atoms with van der Waals surface area (Å²) in [6.07, 6.45) is 6.17. The van der Waals surface area contributed by atoms with Gasteiger partial charge in [-0.2, -0.15) is 0 Å². The van der Waals surface area contributed by atoms with Crippen LogP contribution in [0, 0.1) is 5.82 Å². The molecule has 9 nitrogen and oxygen atoms in total. The highest BCUT2D eigenvalue weighted by Crippen LogP contribution is 2.44. The molecule has 0 unspecified atom stereocenters. The van der Waals surface area contributed by atoms with Crippen molar-refractivity contribution in [3.05, 3.63) is 77.0 Å². The molecule has 0 spiro atoms. The molecule has 2 aromatic heterocycles. The van der Waals surface area contributed by atoms with Crippen molar-refractivity contribution < 1.29 is 23.8 Å². The number of benzene rings is 2. The molecule has 0 radical (unpaired) electrons.